The molecule has 0 bridgehead atoms. The molecular formula is C94H46. The average Bonchev–Trinajstić information content (AvgIpc) is 0.657. The standard InChI is InChI=1S/C58H28.C36H18/c1-5-17-37-29(13-1)33-21-9-25-41-42-26-10-22-34-31-15-3-7-19-39(31)51-54(46(34)42)53(45(33)41)49(37)57-50-38-18-6-2-14-30(38)35-23-11-27-43-44-28-12-24-36-32-16-4-8-20-40(32)52(58(51)57)56(48(36)44)55(50)47(35)43;1-3-10-21-19(8-1)23-12-5-14-25-27-16-7-17-28-26-15-6-13-24-20-9-2-4-11-22(20)30-18-29(21)34(31(23)25)36(33(27)28)35(30)32(24)26/h1-28H;1-18H. The Morgan fingerprint density at radius 3 is 0.394 bits per heavy atom. The lowest BCUT2D eigenvalue weighted by Crippen LogP contribution is -1.98. The second kappa shape index (κ2) is 16.3. The zero-order valence-corrected chi connectivity index (χ0v) is 50.6. The number of benzene rings is 26. The van der Waals surface area contributed by atoms with Crippen LogP contribution in [0.15, 0.2) is 279 Å². The number of hydrogen-bond acceptors (Lipinski definition) is 0. The van der Waals surface area contributed by atoms with Gasteiger partial charge in [0.2, 0.25) is 0 Å². The summed E-state index contributed by atoms with van der Waals surface area (Å²) >= 11 is 0. The van der Waals surface area contributed by atoms with Gasteiger partial charge in [-0.05, 0) is 265 Å². The van der Waals surface area contributed by atoms with Crippen molar-refractivity contribution in [1.29, 1.82) is 0 Å². The van der Waals surface area contributed by atoms with Crippen molar-refractivity contribution in [1.82, 2.24) is 0 Å². The van der Waals surface area contributed by atoms with Crippen molar-refractivity contribution < 1.29 is 0 Å². The summed E-state index contributed by atoms with van der Waals surface area (Å²) in [6.07, 6.45) is 0. The predicted molar refractivity (Wildman–Crippen MR) is 411 cm³/mol. The van der Waals surface area contributed by atoms with Crippen LogP contribution in [-0.4, -0.2) is 0 Å². The average molecular weight is 1180 g/mol. The Morgan fingerprint density at radius 1 is 0.0745 bits per heavy atom. The fourth-order valence-corrected chi connectivity index (χ4v) is 20.2. The molecule has 26 rings (SSSR count). The van der Waals surface area contributed by atoms with Gasteiger partial charge in [-0.2, -0.15) is 0 Å². The first-order valence-corrected chi connectivity index (χ1v) is 33.2. The molecule has 0 aliphatic heterocycles. The van der Waals surface area contributed by atoms with Crippen LogP contribution in [0, 0.1) is 0 Å². The van der Waals surface area contributed by atoms with Crippen LogP contribution < -0.4 is 0 Å². The SMILES string of the molecule is c1ccc2c(c1)c1cccc3c4cccc5c6cccc7c8ccccc8c8cc2c(c13)c(c45)c8c76.c1ccc2c(c1)c1cccc3c4cccc5c6ccccc6c6c(c54)c(c13)c2c1c2c3ccccc3c3cccc4c5cccc7c8ccccc8c(c(c75)c2c34)c61. The normalized spacial score (nSPS) is 13.1. The van der Waals surface area contributed by atoms with Crippen molar-refractivity contribution in [3.63, 3.8) is 0 Å². The lowest BCUT2D eigenvalue weighted by molar-refractivity contribution is 1.80. The maximum absolute atomic E-state index is 2.50. The van der Waals surface area contributed by atoms with E-state index >= 15 is 0 Å². The van der Waals surface area contributed by atoms with Crippen molar-refractivity contribution in [2.75, 3.05) is 0 Å². The van der Waals surface area contributed by atoms with Crippen molar-refractivity contribution >= 4 is 259 Å². The summed E-state index contributed by atoms with van der Waals surface area (Å²) in [5.41, 5.74) is 0. The first-order valence-electron chi connectivity index (χ1n) is 33.2. The van der Waals surface area contributed by atoms with Crippen molar-refractivity contribution in [3.05, 3.63) is 279 Å². The zero-order chi connectivity index (χ0) is 60.2. The van der Waals surface area contributed by atoms with Crippen LogP contribution in [0.4, 0.5) is 0 Å². The molecule has 0 aromatic heterocycles. The van der Waals surface area contributed by atoms with E-state index in [2.05, 4.69) is 279 Å². The van der Waals surface area contributed by atoms with E-state index in [-0.39, 0.29) is 0 Å². The Balaban J connectivity index is 0.000000127. The van der Waals surface area contributed by atoms with Crippen LogP contribution >= 0.6 is 0 Å². The van der Waals surface area contributed by atoms with Gasteiger partial charge in [-0.3, -0.25) is 0 Å². The van der Waals surface area contributed by atoms with Gasteiger partial charge in [-0.15, -0.1) is 0 Å². The van der Waals surface area contributed by atoms with Crippen molar-refractivity contribution in [2.45, 2.75) is 0 Å². The maximum Gasteiger partial charge on any atom is -0.0000469 e. The molecule has 0 fully saturated rings. The molecule has 0 heteroatoms. The van der Waals surface area contributed by atoms with Gasteiger partial charge in [0, 0.05) is 0 Å². The Kier molecular flexibility index (Phi) is 8.25. The molecule has 0 amide bonds. The minimum atomic E-state index is 1.32. The molecule has 0 heterocycles. The van der Waals surface area contributed by atoms with Gasteiger partial charge in [-0.25, -0.2) is 0 Å². The summed E-state index contributed by atoms with van der Waals surface area (Å²) in [6, 6.07) is 106. The smallest absolute Gasteiger partial charge is 0.0000469 e. The van der Waals surface area contributed by atoms with Gasteiger partial charge >= 0.3 is 0 Å². The summed E-state index contributed by atoms with van der Waals surface area (Å²) in [6.45, 7) is 0. The Bertz CT molecular complexity index is 7190. The molecule has 0 N–H and O–H groups in total. The molecule has 0 saturated heterocycles. The first kappa shape index (κ1) is 47.7. The van der Waals surface area contributed by atoms with Crippen LogP contribution in [0.5, 0.6) is 0 Å². The van der Waals surface area contributed by atoms with E-state index in [4.69, 9.17) is 0 Å². The maximum atomic E-state index is 2.50. The Morgan fingerprint density at radius 2 is 0.181 bits per heavy atom. The molecule has 0 nitrogen and oxygen atoms in total. The van der Waals surface area contributed by atoms with Gasteiger partial charge in [0.05, 0.1) is 0 Å². The molecule has 0 aliphatic carbocycles. The van der Waals surface area contributed by atoms with Crippen LogP contribution in [-0.2, 0) is 0 Å². The summed E-state index contributed by atoms with van der Waals surface area (Å²) < 4.78 is 0. The van der Waals surface area contributed by atoms with Crippen molar-refractivity contribution in [2.24, 2.45) is 0 Å². The minimum absolute atomic E-state index is 1.32. The van der Waals surface area contributed by atoms with Crippen molar-refractivity contribution in [3.8, 4) is 0 Å². The van der Waals surface area contributed by atoms with Crippen LogP contribution in [0.2, 0.25) is 0 Å². The second-order valence-corrected chi connectivity index (χ2v) is 27.2. The molecule has 0 saturated carbocycles. The lowest BCUT2D eigenvalue weighted by atomic mass is 9.74. The third-order valence-electron chi connectivity index (χ3n) is 23.4. The quantitative estimate of drug-likeness (QED) is 0.105. The zero-order valence-electron chi connectivity index (χ0n) is 50.6. The van der Waals surface area contributed by atoms with Crippen LogP contribution in [0.1, 0.15) is 0 Å². The molecular weight excluding hydrogens is 1130 g/mol. The summed E-state index contributed by atoms with van der Waals surface area (Å²) in [4.78, 5) is 0. The van der Waals surface area contributed by atoms with E-state index in [1.54, 1.807) is 0 Å². The number of hydrogen-bond donors (Lipinski definition) is 0. The molecule has 94 heavy (non-hydrogen) atoms. The fraction of sp³-hybridized carbons (Fsp3) is 0. The molecule has 0 spiro atoms. The van der Waals surface area contributed by atoms with Gasteiger partial charge in [-0.1, -0.05) is 273 Å². The molecule has 0 radical (unpaired) electrons. The predicted octanol–water partition coefficient (Wildman–Crippen LogP) is 27.1. The second-order valence-electron chi connectivity index (χ2n) is 27.2. The van der Waals surface area contributed by atoms with E-state index in [0.29, 0.717) is 0 Å². The van der Waals surface area contributed by atoms with Gasteiger partial charge in [0.25, 0.3) is 0 Å². The Labute approximate surface area is 534 Å². The van der Waals surface area contributed by atoms with Gasteiger partial charge in [0.1, 0.15) is 0 Å². The summed E-state index contributed by atoms with van der Waals surface area (Å²) in [5.74, 6) is 0. The monoisotopic (exact) mass is 1170 g/mol. The highest BCUT2D eigenvalue weighted by molar-refractivity contribution is 6.62. The first-order chi connectivity index (χ1) is 46.8. The fourth-order valence-electron chi connectivity index (χ4n) is 20.2. The van der Waals surface area contributed by atoms with E-state index in [9.17, 15) is 0 Å². The number of fused-ring (bicyclic) bond motifs is 27. The highest BCUT2D eigenvalue weighted by Crippen LogP contribution is 2.61. The third-order valence-corrected chi connectivity index (χ3v) is 23.4. The minimum Gasteiger partial charge on any atom is -0.0616 e. The lowest BCUT2D eigenvalue weighted by Gasteiger charge is -2.28. The summed E-state index contributed by atoms with van der Waals surface area (Å²) in [5, 5.41) is 65.6. The Hall–Kier alpha value is -12.2. The van der Waals surface area contributed by atoms with E-state index < -0.39 is 0 Å². The van der Waals surface area contributed by atoms with E-state index in [0.717, 1.165) is 0 Å². The van der Waals surface area contributed by atoms with Gasteiger partial charge in [0.15, 0.2) is 0 Å². The van der Waals surface area contributed by atoms with Crippen LogP contribution in [0.3, 0.4) is 0 Å². The topological polar surface area (TPSA) is 0 Å². The van der Waals surface area contributed by atoms with Gasteiger partial charge < -0.3 is 0 Å². The molecule has 0 atom stereocenters. The molecule has 0 unspecified atom stereocenters. The van der Waals surface area contributed by atoms with E-state index in [1.165, 1.54) is 259 Å². The number of rotatable bonds is 0. The largest absolute Gasteiger partial charge is 0.0616 e. The van der Waals surface area contributed by atoms with E-state index in [1.807, 2.05) is 0 Å². The molecule has 26 aromatic rings. The molecule has 0 aliphatic rings. The molecule has 422 valence electrons. The molecule has 26 aromatic carbocycles. The third kappa shape index (κ3) is 5.23. The van der Waals surface area contributed by atoms with Crippen LogP contribution in [0.25, 0.3) is 259 Å². The highest BCUT2D eigenvalue weighted by Gasteiger charge is 2.32. The highest BCUT2D eigenvalue weighted by atomic mass is 14.3. The summed E-state index contributed by atoms with van der Waals surface area (Å²) in [7, 11) is 0.